The highest BCUT2D eigenvalue weighted by molar-refractivity contribution is 4.87. The lowest BCUT2D eigenvalue weighted by atomic mass is 9.98. The average Bonchev–Trinajstić information content (AvgIpc) is 2.83. The molecule has 1 N–H and O–H groups in total. The summed E-state index contributed by atoms with van der Waals surface area (Å²) in [7, 11) is 1.67. The molecule has 4 heteroatoms. The summed E-state index contributed by atoms with van der Waals surface area (Å²) in [6.07, 6.45) is 3.12. The van der Waals surface area contributed by atoms with Gasteiger partial charge in [-0.2, -0.15) is 0 Å². The first-order chi connectivity index (χ1) is 8.53. The van der Waals surface area contributed by atoms with Crippen LogP contribution in [0.2, 0.25) is 0 Å². The smallest absolute Gasteiger partial charge is 0.0880 e. The van der Waals surface area contributed by atoms with Crippen LogP contribution in [0.25, 0.3) is 0 Å². The molecule has 106 valence electrons. The first kappa shape index (κ1) is 14.3. The SMILES string of the molecule is COC(C)(C)C(O)CCN1CCN2CCCC2C1. The van der Waals surface area contributed by atoms with Crippen molar-refractivity contribution < 1.29 is 9.84 Å². The molecule has 2 rings (SSSR count). The third kappa shape index (κ3) is 3.23. The number of rotatable bonds is 5. The zero-order valence-electron chi connectivity index (χ0n) is 12.1. The van der Waals surface area contributed by atoms with Crippen molar-refractivity contribution in [1.29, 1.82) is 0 Å². The van der Waals surface area contributed by atoms with Crippen LogP contribution < -0.4 is 0 Å². The van der Waals surface area contributed by atoms with Gasteiger partial charge in [0, 0.05) is 39.3 Å². The highest BCUT2D eigenvalue weighted by Crippen LogP contribution is 2.22. The molecule has 0 radical (unpaired) electrons. The molecule has 2 atom stereocenters. The summed E-state index contributed by atoms with van der Waals surface area (Å²) in [4.78, 5) is 5.12. The highest BCUT2D eigenvalue weighted by atomic mass is 16.5. The summed E-state index contributed by atoms with van der Waals surface area (Å²) < 4.78 is 5.33. The first-order valence-electron chi connectivity index (χ1n) is 7.22. The Bertz CT molecular complexity index is 271. The molecule has 0 aromatic carbocycles. The molecule has 0 spiro atoms. The van der Waals surface area contributed by atoms with Crippen molar-refractivity contribution in [2.45, 2.75) is 50.9 Å². The normalized spacial score (nSPS) is 28.3. The van der Waals surface area contributed by atoms with Crippen molar-refractivity contribution in [2.24, 2.45) is 0 Å². The second kappa shape index (κ2) is 5.87. The quantitative estimate of drug-likeness (QED) is 0.794. The second-order valence-electron chi connectivity index (χ2n) is 6.24. The number of aliphatic hydroxyl groups is 1. The van der Waals surface area contributed by atoms with Gasteiger partial charge in [-0.15, -0.1) is 0 Å². The van der Waals surface area contributed by atoms with E-state index < -0.39 is 5.60 Å². The van der Waals surface area contributed by atoms with Crippen LogP contribution in [0.4, 0.5) is 0 Å². The molecule has 2 heterocycles. The van der Waals surface area contributed by atoms with E-state index in [-0.39, 0.29) is 6.10 Å². The maximum absolute atomic E-state index is 10.1. The number of hydrogen-bond acceptors (Lipinski definition) is 4. The first-order valence-corrected chi connectivity index (χ1v) is 7.22. The molecule has 2 unspecified atom stereocenters. The molecular formula is C14H28N2O2. The summed E-state index contributed by atoms with van der Waals surface area (Å²) >= 11 is 0. The van der Waals surface area contributed by atoms with Crippen molar-refractivity contribution in [3.63, 3.8) is 0 Å². The van der Waals surface area contributed by atoms with Gasteiger partial charge in [0.25, 0.3) is 0 Å². The Morgan fingerprint density at radius 3 is 2.83 bits per heavy atom. The van der Waals surface area contributed by atoms with Crippen LogP contribution in [0.1, 0.15) is 33.1 Å². The third-order valence-electron chi connectivity index (χ3n) is 4.72. The summed E-state index contributed by atoms with van der Waals surface area (Å²) in [5.41, 5.74) is -0.435. The monoisotopic (exact) mass is 256 g/mol. The van der Waals surface area contributed by atoms with E-state index in [2.05, 4.69) is 9.80 Å². The van der Waals surface area contributed by atoms with Gasteiger partial charge in [-0.3, -0.25) is 4.90 Å². The van der Waals surface area contributed by atoms with Gasteiger partial charge in [0.05, 0.1) is 11.7 Å². The van der Waals surface area contributed by atoms with Crippen molar-refractivity contribution in [2.75, 3.05) is 39.8 Å². The van der Waals surface area contributed by atoms with E-state index in [1.54, 1.807) is 7.11 Å². The topological polar surface area (TPSA) is 35.9 Å². The van der Waals surface area contributed by atoms with Gasteiger partial charge in [0.1, 0.15) is 0 Å². The van der Waals surface area contributed by atoms with Crippen molar-refractivity contribution in [3.8, 4) is 0 Å². The molecule has 0 amide bonds. The minimum Gasteiger partial charge on any atom is -0.390 e. The van der Waals surface area contributed by atoms with E-state index in [9.17, 15) is 5.11 Å². The van der Waals surface area contributed by atoms with E-state index in [4.69, 9.17) is 4.74 Å². The summed E-state index contributed by atoms with van der Waals surface area (Å²) in [6.45, 7) is 9.71. The Morgan fingerprint density at radius 1 is 1.33 bits per heavy atom. The summed E-state index contributed by atoms with van der Waals surface area (Å²) in [6, 6.07) is 0.770. The lowest BCUT2D eigenvalue weighted by molar-refractivity contribution is -0.0834. The summed E-state index contributed by atoms with van der Waals surface area (Å²) in [5.74, 6) is 0. The van der Waals surface area contributed by atoms with Crippen LogP contribution in [-0.4, -0.2) is 72.5 Å². The van der Waals surface area contributed by atoms with Gasteiger partial charge in [-0.05, 0) is 39.7 Å². The molecule has 4 nitrogen and oxygen atoms in total. The van der Waals surface area contributed by atoms with Crippen molar-refractivity contribution in [3.05, 3.63) is 0 Å². The molecular weight excluding hydrogens is 228 g/mol. The van der Waals surface area contributed by atoms with Crippen LogP contribution in [0.3, 0.4) is 0 Å². The number of fused-ring (bicyclic) bond motifs is 1. The zero-order valence-corrected chi connectivity index (χ0v) is 12.1. The molecule has 18 heavy (non-hydrogen) atoms. The van der Waals surface area contributed by atoms with Crippen LogP contribution in [0, 0.1) is 0 Å². The van der Waals surface area contributed by atoms with Crippen LogP contribution in [0.5, 0.6) is 0 Å². The number of nitrogens with zero attached hydrogens (tertiary/aromatic N) is 2. The molecule has 2 saturated heterocycles. The predicted octanol–water partition coefficient (Wildman–Crippen LogP) is 0.942. The van der Waals surface area contributed by atoms with Crippen LogP contribution in [-0.2, 0) is 4.74 Å². The number of piperazine rings is 1. The lowest BCUT2D eigenvalue weighted by Crippen LogP contribution is -2.51. The van der Waals surface area contributed by atoms with Crippen LogP contribution in [0.15, 0.2) is 0 Å². The third-order valence-corrected chi connectivity index (χ3v) is 4.72. The van der Waals surface area contributed by atoms with Crippen molar-refractivity contribution in [1.82, 2.24) is 9.80 Å². The Morgan fingerprint density at radius 2 is 2.11 bits per heavy atom. The minimum absolute atomic E-state index is 0.385. The molecule has 2 aliphatic rings. The highest BCUT2D eigenvalue weighted by Gasteiger charge is 2.32. The zero-order chi connectivity index (χ0) is 13.2. The van der Waals surface area contributed by atoms with E-state index >= 15 is 0 Å². The van der Waals surface area contributed by atoms with Crippen molar-refractivity contribution >= 4 is 0 Å². The van der Waals surface area contributed by atoms with Gasteiger partial charge < -0.3 is 14.7 Å². The number of hydrogen-bond donors (Lipinski definition) is 1. The van der Waals surface area contributed by atoms with E-state index in [0.717, 1.165) is 25.6 Å². The van der Waals surface area contributed by atoms with E-state index in [1.807, 2.05) is 13.8 Å². The predicted molar refractivity (Wildman–Crippen MR) is 72.7 cm³/mol. The molecule has 0 saturated carbocycles. The summed E-state index contributed by atoms with van der Waals surface area (Å²) in [5, 5.41) is 10.1. The van der Waals surface area contributed by atoms with Gasteiger partial charge in [-0.1, -0.05) is 0 Å². The molecule has 0 bridgehead atoms. The van der Waals surface area contributed by atoms with Gasteiger partial charge >= 0.3 is 0 Å². The number of ether oxygens (including phenoxy) is 1. The van der Waals surface area contributed by atoms with E-state index in [0.29, 0.717) is 0 Å². The Hall–Kier alpha value is -0.160. The molecule has 2 aliphatic heterocycles. The fourth-order valence-corrected chi connectivity index (χ4v) is 3.05. The van der Waals surface area contributed by atoms with Crippen LogP contribution >= 0.6 is 0 Å². The maximum atomic E-state index is 10.1. The maximum Gasteiger partial charge on any atom is 0.0880 e. The average molecular weight is 256 g/mol. The fourth-order valence-electron chi connectivity index (χ4n) is 3.05. The second-order valence-corrected chi connectivity index (χ2v) is 6.24. The van der Waals surface area contributed by atoms with Gasteiger partial charge in [-0.25, -0.2) is 0 Å². The largest absolute Gasteiger partial charge is 0.390 e. The number of methoxy groups -OCH3 is 1. The standard InChI is InChI=1S/C14H28N2O2/c1-14(2,18-3)13(17)6-8-15-9-10-16-7-4-5-12(16)11-15/h12-13,17H,4-11H2,1-3H3. The Balaban J connectivity index is 1.74. The minimum atomic E-state index is -0.435. The molecule has 0 aromatic rings. The number of aliphatic hydroxyl groups excluding tert-OH is 1. The van der Waals surface area contributed by atoms with Gasteiger partial charge in [0.2, 0.25) is 0 Å². The Labute approximate surface area is 111 Å². The molecule has 0 aliphatic carbocycles. The lowest BCUT2D eigenvalue weighted by Gasteiger charge is -2.38. The van der Waals surface area contributed by atoms with E-state index in [1.165, 1.54) is 32.5 Å². The molecule has 2 fully saturated rings. The van der Waals surface area contributed by atoms with Gasteiger partial charge in [0.15, 0.2) is 0 Å². The fraction of sp³-hybridized carbons (Fsp3) is 1.00. The molecule has 0 aromatic heterocycles. The Kier molecular flexibility index (Phi) is 4.64.